The van der Waals surface area contributed by atoms with E-state index in [1.165, 1.54) is 12.1 Å². The highest BCUT2D eigenvalue weighted by Gasteiger charge is 2.29. The Labute approximate surface area is 158 Å². The van der Waals surface area contributed by atoms with E-state index in [9.17, 15) is 18.5 Å². The van der Waals surface area contributed by atoms with Gasteiger partial charge in [0, 0.05) is 30.6 Å². The molecule has 1 heterocycles. The minimum atomic E-state index is -3.71. The van der Waals surface area contributed by atoms with Crippen LogP contribution in [0.25, 0.3) is 0 Å². The van der Waals surface area contributed by atoms with Gasteiger partial charge in [-0.1, -0.05) is 18.2 Å². The molecule has 2 aromatic rings. The summed E-state index contributed by atoms with van der Waals surface area (Å²) in [6.07, 6.45) is 3.69. The number of nitro benzene ring substituents is 1. The molecule has 1 unspecified atom stereocenters. The molecule has 0 saturated carbocycles. The molecule has 3 rings (SSSR count). The van der Waals surface area contributed by atoms with Crippen LogP contribution < -0.4 is 9.64 Å². The number of sulfone groups is 1. The highest BCUT2D eigenvalue weighted by atomic mass is 32.2. The van der Waals surface area contributed by atoms with Crippen LogP contribution >= 0.6 is 0 Å². The van der Waals surface area contributed by atoms with Gasteiger partial charge in [-0.25, -0.2) is 8.42 Å². The van der Waals surface area contributed by atoms with Gasteiger partial charge in [0.25, 0.3) is 5.69 Å². The van der Waals surface area contributed by atoms with Crippen molar-refractivity contribution in [2.45, 2.75) is 30.2 Å². The van der Waals surface area contributed by atoms with Crippen molar-refractivity contribution in [3.8, 4) is 5.75 Å². The minimum Gasteiger partial charge on any atom is -0.496 e. The molecule has 144 valence electrons. The third kappa shape index (κ3) is 4.05. The topological polar surface area (TPSA) is 89.8 Å². The summed E-state index contributed by atoms with van der Waals surface area (Å²) in [7, 11) is -2.07. The van der Waals surface area contributed by atoms with Crippen LogP contribution in [0.5, 0.6) is 5.75 Å². The van der Waals surface area contributed by atoms with E-state index in [0.717, 1.165) is 43.4 Å². The number of anilines is 1. The lowest BCUT2D eigenvalue weighted by atomic mass is 10.0. The van der Waals surface area contributed by atoms with Gasteiger partial charge in [0.1, 0.15) is 10.6 Å². The fourth-order valence-electron chi connectivity index (χ4n) is 3.64. The average Bonchev–Trinajstić information content (AvgIpc) is 3.09. The van der Waals surface area contributed by atoms with Crippen molar-refractivity contribution in [3.05, 3.63) is 58.1 Å². The second-order valence-corrected chi connectivity index (χ2v) is 8.67. The molecular weight excluding hydrogens is 368 g/mol. The number of nitro groups is 1. The molecular formula is C19H22N2O5S. The maximum atomic E-state index is 12.0. The van der Waals surface area contributed by atoms with Crippen LogP contribution in [0.4, 0.5) is 11.4 Å². The van der Waals surface area contributed by atoms with E-state index in [4.69, 9.17) is 4.74 Å². The first-order valence-corrected chi connectivity index (χ1v) is 10.6. The molecule has 1 aliphatic rings. The molecule has 1 saturated heterocycles. The van der Waals surface area contributed by atoms with E-state index in [2.05, 4.69) is 4.90 Å². The summed E-state index contributed by atoms with van der Waals surface area (Å²) in [5.74, 6) is 0.824. The minimum absolute atomic E-state index is 0.176. The molecule has 2 aromatic carbocycles. The number of nitrogens with zero attached hydrogens (tertiary/aromatic N) is 2. The van der Waals surface area contributed by atoms with Gasteiger partial charge in [-0.05, 0) is 43.0 Å². The van der Waals surface area contributed by atoms with Crippen LogP contribution in [0.1, 0.15) is 18.4 Å². The molecule has 1 aliphatic heterocycles. The predicted octanol–water partition coefficient (Wildman–Crippen LogP) is 3.22. The largest absolute Gasteiger partial charge is 0.496 e. The lowest BCUT2D eigenvalue weighted by molar-refractivity contribution is -0.387. The van der Waals surface area contributed by atoms with Gasteiger partial charge in [-0.3, -0.25) is 10.1 Å². The first-order valence-electron chi connectivity index (χ1n) is 8.68. The lowest BCUT2D eigenvalue weighted by Crippen LogP contribution is -2.31. The highest BCUT2D eigenvalue weighted by molar-refractivity contribution is 7.90. The van der Waals surface area contributed by atoms with E-state index >= 15 is 0 Å². The Morgan fingerprint density at radius 2 is 2.00 bits per heavy atom. The Hall–Kier alpha value is -2.61. The summed E-state index contributed by atoms with van der Waals surface area (Å²) < 4.78 is 29.5. The van der Waals surface area contributed by atoms with E-state index < -0.39 is 14.8 Å². The lowest BCUT2D eigenvalue weighted by Gasteiger charge is -2.27. The molecule has 0 aliphatic carbocycles. The Morgan fingerprint density at radius 1 is 1.26 bits per heavy atom. The molecule has 0 spiro atoms. The number of rotatable bonds is 6. The fraction of sp³-hybridized carbons (Fsp3) is 0.368. The highest BCUT2D eigenvalue weighted by Crippen LogP contribution is 2.34. The second kappa shape index (κ2) is 7.56. The Morgan fingerprint density at radius 3 is 2.67 bits per heavy atom. The Bertz CT molecular complexity index is 958. The van der Waals surface area contributed by atoms with E-state index in [0.29, 0.717) is 5.69 Å². The zero-order valence-electron chi connectivity index (χ0n) is 15.3. The first kappa shape index (κ1) is 19.2. The number of benzene rings is 2. The van der Waals surface area contributed by atoms with Crippen molar-refractivity contribution in [1.82, 2.24) is 0 Å². The molecule has 7 nitrogen and oxygen atoms in total. The maximum Gasteiger partial charge on any atom is 0.288 e. The van der Waals surface area contributed by atoms with Crippen LogP contribution in [0.2, 0.25) is 0 Å². The van der Waals surface area contributed by atoms with Gasteiger partial charge in [-0.15, -0.1) is 0 Å². The Kier molecular flexibility index (Phi) is 5.36. The number of para-hydroxylation sites is 1. The first-order chi connectivity index (χ1) is 12.8. The average molecular weight is 390 g/mol. The summed E-state index contributed by atoms with van der Waals surface area (Å²) in [4.78, 5) is 12.4. The van der Waals surface area contributed by atoms with Gasteiger partial charge in [0.2, 0.25) is 0 Å². The van der Waals surface area contributed by atoms with Crippen molar-refractivity contribution in [2.75, 3.05) is 24.8 Å². The molecule has 1 fully saturated rings. The molecule has 0 amide bonds. The molecule has 0 radical (unpaired) electrons. The van der Waals surface area contributed by atoms with E-state index in [-0.39, 0.29) is 16.6 Å². The number of ether oxygens (including phenoxy) is 1. The van der Waals surface area contributed by atoms with Crippen LogP contribution in [0, 0.1) is 10.1 Å². The van der Waals surface area contributed by atoms with Gasteiger partial charge in [0.15, 0.2) is 9.84 Å². The molecule has 0 aromatic heterocycles. The zero-order valence-corrected chi connectivity index (χ0v) is 16.1. The standard InChI is InChI=1S/C19H22N2O5S/c1-26-18-8-4-3-6-14(18)12-15-7-5-11-20(15)16-9-10-17(21(22)23)19(13-16)27(2,24)25/h3-4,6,8-10,13,15H,5,7,11-12H2,1-2H3. The third-order valence-corrected chi connectivity index (χ3v) is 6.02. The van der Waals surface area contributed by atoms with Crippen molar-refractivity contribution in [3.63, 3.8) is 0 Å². The number of hydrogen-bond acceptors (Lipinski definition) is 6. The SMILES string of the molecule is COc1ccccc1CC1CCCN1c1ccc([N+](=O)[O-])c(S(C)(=O)=O)c1. The monoisotopic (exact) mass is 390 g/mol. The van der Waals surface area contributed by atoms with Gasteiger partial charge >= 0.3 is 0 Å². The summed E-state index contributed by atoms with van der Waals surface area (Å²) in [5, 5.41) is 11.2. The summed E-state index contributed by atoms with van der Waals surface area (Å²) in [6.45, 7) is 0.779. The smallest absolute Gasteiger partial charge is 0.288 e. The zero-order chi connectivity index (χ0) is 19.6. The van der Waals surface area contributed by atoms with Crippen molar-refractivity contribution in [1.29, 1.82) is 0 Å². The Balaban J connectivity index is 1.94. The summed E-state index contributed by atoms with van der Waals surface area (Å²) >= 11 is 0. The quantitative estimate of drug-likeness (QED) is 0.556. The van der Waals surface area contributed by atoms with Gasteiger partial charge in [0.05, 0.1) is 12.0 Å². The third-order valence-electron chi connectivity index (χ3n) is 4.90. The van der Waals surface area contributed by atoms with Crippen molar-refractivity contribution < 1.29 is 18.1 Å². The van der Waals surface area contributed by atoms with E-state index in [1.807, 2.05) is 24.3 Å². The molecule has 27 heavy (non-hydrogen) atoms. The number of hydrogen-bond donors (Lipinski definition) is 0. The fourth-order valence-corrected chi connectivity index (χ4v) is 4.50. The van der Waals surface area contributed by atoms with Gasteiger partial charge in [-0.2, -0.15) is 0 Å². The maximum absolute atomic E-state index is 12.0. The van der Waals surface area contributed by atoms with Crippen LogP contribution in [0.15, 0.2) is 47.4 Å². The second-order valence-electron chi connectivity index (χ2n) is 6.69. The number of methoxy groups -OCH3 is 1. The summed E-state index contributed by atoms with van der Waals surface area (Å²) in [5.41, 5.74) is 1.39. The van der Waals surface area contributed by atoms with Crippen LogP contribution in [-0.4, -0.2) is 39.3 Å². The van der Waals surface area contributed by atoms with Crippen LogP contribution in [-0.2, 0) is 16.3 Å². The molecule has 1 atom stereocenters. The van der Waals surface area contributed by atoms with Crippen molar-refractivity contribution in [2.24, 2.45) is 0 Å². The molecule has 0 N–H and O–H groups in total. The van der Waals surface area contributed by atoms with E-state index in [1.54, 1.807) is 13.2 Å². The van der Waals surface area contributed by atoms with Gasteiger partial charge < -0.3 is 9.64 Å². The normalized spacial score (nSPS) is 17.1. The molecule has 8 heteroatoms. The summed E-state index contributed by atoms with van der Waals surface area (Å²) in [6, 6.07) is 12.3. The molecule has 0 bridgehead atoms. The van der Waals surface area contributed by atoms with Crippen LogP contribution in [0.3, 0.4) is 0 Å². The van der Waals surface area contributed by atoms with Crippen molar-refractivity contribution >= 4 is 21.2 Å². The predicted molar refractivity (Wildman–Crippen MR) is 103 cm³/mol.